The Hall–Kier alpha value is -2.38. The molecule has 0 spiro atoms. The lowest BCUT2D eigenvalue weighted by Gasteiger charge is -2.24. The summed E-state index contributed by atoms with van der Waals surface area (Å²) in [5.41, 5.74) is 1.92. The largest absolute Gasteiger partial charge is 0.449 e. The second-order valence-corrected chi connectivity index (χ2v) is 7.27. The molecule has 0 saturated heterocycles. The molecule has 0 aliphatic rings. The highest BCUT2D eigenvalue weighted by Gasteiger charge is 2.22. The average Bonchev–Trinajstić information content (AvgIpc) is 3.14. The van der Waals surface area contributed by atoms with Crippen molar-refractivity contribution in [1.29, 1.82) is 0 Å². The summed E-state index contributed by atoms with van der Waals surface area (Å²) in [6.07, 6.45) is 0.00746. The lowest BCUT2D eigenvalue weighted by Crippen LogP contribution is -2.49. The molecule has 0 aliphatic carbocycles. The number of nitrogens with zero attached hydrogens (tertiary/aromatic N) is 1. The van der Waals surface area contributed by atoms with Gasteiger partial charge in [0.2, 0.25) is 0 Å². The van der Waals surface area contributed by atoms with Gasteiger partial charge in [-0.1, -0.05) is 56.3 Å². The van der Waals surface area contributed by atoms with E-state index in [2.05, 4.69) is 15.8 Å². The summed E-state index contributed by atoms with van der Waals surface area (Å²) in [5, 5.41) is 20.5. The highest BCUT2D eigenvalue weighted by molar-refractivity contribution is 5.67. The highest BCUT2D eigenvalue weighted by Crippen LogP contribution is 2.08. The predicted octanol–water partition coefficient (Wildman–Crippen LogP) is 2.68. The van der Waals surface area contributed by atoms with Crippen molar-refractivity contribution in [2.24, 2.45) is 5.92 Å². The van der Waals surface area contributed by atoms with Crippen molar-refractivity contribution >= 4 is 6.09 Å². The zero-order valence-electron chi connectivity index (χ0n) is 16.9. The molecule has 3 N–H and O–H groups in total. The first-order chi connectivity index (χ1) is 13.5. The monoisotopic (exact) mass is 389 g/mol. The van der Waals surface area contributed by atoms with Gasteiger partial charge in [-0.05, 0) is 24.3 Å². The summed E-state index contributed by atoms with van der Waals surface area (Å²) in [6, 6.07) is 11.2. The van der Waals surface area contributed by atoms with E-state index in [0.29, 0.717) is 31.9 Å². The van der Waals surface area contributed by atoms with Crippen LogP contribution >= 0.6 is 0 Å². The number of aliphatic hydroxyl groups is 1. The third kappa shape index (κ3) is 7.70. The van der Waals surface area contributed by atoms with Crippen molar-refractivity contribution < 1.29 is 19.2 Å². The third-order valence-corrected chi connectivity index (χ3v) is 4.24. The van der Waals surface area contributed by atoms with Crippen molar-refractivity contribution in [3.63, 3.8) is 0 Å². The first-order valence-electron chi connectivity index (χ1n) is 9.78. The number of rotatable bonds is 11. The fourth-order valence-corrected chi connectivity index (χ4v) is 2.68. The Kier molecular flexibility index (Phi) is 8.97. The van der Waals surface area contributed by atoms with Gasteiger partial charge in [-0.2, -0.15) is 0 Å². The number of aliphatic hydroxyl groups excluding tert-OH is 1. The molecule has 1 aromatic heterocycles. The van der Waals surface area contributed by atoms with Crippen LogP contribution in [0.25, 0.3) is 0 Å². The van der Waals surface area contributed by atoms with Crippen LogP contribution in [0.5, 0.6) is 0 Å². The molecule has 0 fully saturated rings. The molecule has 0 saturated carbocycles. The predicted molar refractivity (Wildman–Crippen MR) is 107 cm³/mol. The standard InChI is InChI=1S/C21H31N3O4/c1-4-17-11-18(28-24-17)12-22-13-20(25)19(10-16-8-6-5-7-9-16)23-21(26)27-14-15(2)3/h5-9,11,15,19-20,22,25H,4,10,12-14H2,1-3H3,(H,23,26)/t19-,20-/m0/s1. The molecule has 0 aliphatic heterocycles. The maximum atomic E-state index is 12.1. The molecule has 28 heavy (non-hydrogen) atoms. The van der Waals surface area contributed by atoms with Gasteiger partial charge in [0.05, 0.1) is 31.0 Å². The number of aryl methyl sites for hydroxylation is 1. The molecule has 1 aromatic carbocycles. The van der Waals surface area contributed by atoms with Gasteiger partial charge in [0.15, 0.2) is 5.76 Å². The van der Waals surface area contributed by atoms with Crippen molar-refractivity contribution in [3.05, 3.63) is 53.4 Å². The third-order valence-electron chi connectivity index (χ3n) is 4.24. The van der Waals surface area contributed by atoms with Crippen LogP contribution in [0.15, 0.2) is 40.9 Å². The van der Waals surface area contributed by atoms with E-state index in [9.17, 15) is 9.90 Å². The summed E-state index contributed by atoms with van der Waals surface area (Å²) < 4.78 is 10.4. The first-order valence-corrected chi connectivity index (χ1v) is 9.78. The lowest BCUT2D eigenvalue weighted by molar-refractivity contribution is 0.0976. The minimum absolute atomic E-state index is 0.250. The summed E-state index contributed by atoms with van der Waals surface area (Å²) in [5.74, 6) is 0.966. The molecular weight excluding hydrogens is 358 g/mol. The van der Waals surface area contributed by atoms with Gasteiger partial charge >= 0.3 is 6.09 Å². The van der Waals surface area contributed by atoms with E-state index in [1.165, 1.54) is 0 Å². The Bertz CT molecular complexity index is 703. The molecular formula is C21H31N3O4. The number of nitrogens with one attached hydrogen (secondary N) is 2. The highest BCUT2D eigenvalue weighted by atomic mass is 16.5. The number of carbonyl (C=O) groups is 1. The van der Waals surface area contributed by atoms with Gasteiger partial charge in [-0.25, -0.2) is 4.79 Å². The van der Waals surface area contributed by atoms with E-state index in [-0.39, 0.29) is 5.92 Å². The Balaban J connectivity index is 1.90. The zero-order valence-corrected chi connectivity index (χ0v) is 16.9. The minimum Gasteiger partial charge on any atom is -0.449 e. The van der Waals surface area contributed by atoms with Crippen LogP contribution in [0.4, 0.5) is 4.79 Å². The first kappa shape index (κ1) is 21.9. The van der Waals surface area contributed by atoms with Gasteiger partial charge in [-0.3, -0.25) is 0 Å². The molecule has 2 aromatic rings. The van der Waals surface area contributed by atoms with Gasteiger partial charge in [-0.15, -0.1) is 0 Å². The molecule has 154 valence electrons. The fourth-order valence-electron chi connectivity index (χ4n) is 2.68. The maximum absolute atomic E-state index is 12.1. The van der Waals surface area contributed by atoms with Gasteiger partial charge in [0.25, 0.3) is 0 Å². The van der Waals surface area contributed by atoms with E-state index >= 15 is 0 Å². The van der Waals surface area contributed by atoms with E-state index in [4.69, 9.17) is 9.26 Å². The van der Waals surface area contributed by atoms with Crippen molar-refractivity contribution in [2.45, 2.75) is 52.3 Å². The van der Waals surface area contributed by atoms with Gasteiger partial charge < -0.3 is 25.0 Å². The molecule has 0 unspecified atom stereocenters. The smallest absolute Gasteiger partial charge is 0.407 e. The molecule has 1 amide bonds. The number of ether oxygens (including phenoxy) is 1. The zero-order chi connectivity index (χ0) is 20.4. The normalized spacial score (nSPS) is 13.3. The summed E-state index contributed by atoms with van der Waals surface area (Å²) >= 11 is 0. The molecule has 2 rings (SSSR count). The number of benzene rings is 1. The van der Waals surface area contributed by atoms with Crippen LogP contribution in [-0.2, 0) is 24.1 Å². The number of carbonyl (C=O) groups excluding carboxylic acids is 1. The summed E-state index contributed by atoms with van der Waals surface area (Å²) in [6.45, 7) is 7.05. The van der Waals surface area contributed by atoms with Gasteiger partial charge in [0, 0.05) is 12.6 Å². The molecule has 0 radical (unpaired) electrons. The molecule has 1 heterocycles. The number of hydrogen-bond acceptors (Lipinski definition) is 6. The van der Waals surface area contributed by atoms with Crippen molar-refractivity contribution in [2.75, 3.05) is 13.2 Å². The van der Waals surface area contributed by atoms with E-state index in [1.807, 2.05) is 57.2 Å². The Morgan fingerprint density at radius 1 is 1.29 bits per heavy atom. The van der Waals surface area contributed by atoms with E-state index in [0.717, 1.165) is 17.7 Å². The number of hydrogen-bond donors (Lipinski definition) is 3. The van der Waals surface area contributed by atoms with Crippen LogP contribution in [0, 0.1) is 5.92 Å². The van der Waals surface area contributed by atoms with Crippen LogP contribution in [0.3, 0.4) is 0 Å². The second kappa shape index (κ2) is 11.5. The Labute approximate surface area is 166 Å². The number of aromatic nitrogens is 1. The van der Waals surface area contributed by atoms with Gasteiger partial charge in [0.1, 0.15) is 0 Å². The molecule has 0 bridgehead atoms. The minimum atomic E-state index is -0.791. The van der Waals surface area contributed by atoms with Crippen LogP contribution in [-0.4, -0.2) is 41.7 Å². The van der Waals surface area contributed by atoms with E-state index in [1.54, 1.807) is 0 Å². The SMILES string of the molecule is CCc1cc(CNC[C@H](O)[C@H](Cc2ccccc2)NC(=O)OCC(C)C)on1. The topological polar surface area (TPSA) is 96.6 Å². The average molecular weight is 389 g/mol. The van der Waals surface area contributed by atoms with Crippen molar-refractivity contribution in [3.8, 4) is 0 Å². The molecule has 7 heteroatoms. The van der Waals surface area contributed by atoms with E-state index < -0.39 is 18.2 Å². The fraction of sp³-hybridized carbons (Fsp3) is 0.524. The number of amides is 1. The van der Waals surface area contributed by atoms with Crippen LogP contribution < -0.4 is 10.6 Å². The molecule has 2 atom stereocenters. The number of alkyl carbamates (subject to hydrolysis) is 1. The summed E-state index contributed by atoms with van der Waals surface area (Å²) in [4.78, 5) is 12.1. The maximum Gasteiger partial charge on any atom is 0.407 e. The molecule has 7 nitrogen and oxygen atoms in total. The van der Waals surface area contributed by atoms with Crippen LogP contribution in [0.1, 0.15) is 37.8 Å². The van der Waals surface area contributed by atoms with Crippen LogP contribution in [0.2, 0.25) is 0 Å². The Morgan fingerprint density at radius 3 is 2.68 bits per heavy atom. The summed E-state index contributed by atoms with van der Waals surface area (Å²) in [7, 11) is 0. The second-order valence-electron chi connectivity index (χ2n) is 7.27. The quantitative estimate of drug-likeness (QED) is 0.547. The van der Waals surface area contributed by atoms with Crippen molar-refractivity contribution in [1.82, 2.24) is 15.8 Å². The Morgan fingerprint density at radius 2 is 2.04 bits per heavy atom. The lowest BCUT2D eigenvalue weighted by atomic mass is 10.0.